The van der Waals surface area contributed by atoms with E-state index in [9.17, 15) is 0 Å². The van der Waals surface area contributed by atoms with Crippen LogP contribution < -0.4 is 10.6 Å². The van der Waals surface area contributed by atoms with Crippen molar-refractivity contribution in [3.8, 4) is 0 Å². The highest BCUT2D eigenvalue weighted by Gasteiger charge is 2.45. The third-order valence-electron chi connectivity index (χ3n) is 4.41. The van der Waals surface area contributed by atoms with E-state index in [4.69, 9.17) is 12.2 Å². The van der Waals surface area contributed by atoms with Gasteiger partial charge in [-0.05, 0) is 49.2 Å². The highest BCUT2D eigenvalue weighted by molar-refractivity contribution is 7.80. The fourth-order valence-corrected chi connectivity index (χ4v) is 2.92. The molecular weight excluding hydrogens is 216 g/mol. The molecule has 0 aliphatic heterocycles. The summed E-state index contributed by atoms with van der Waals surface area (Å²) in [7, 11) is 0. The van der Waals surface area contributed by atoms with Crippen LogP contribution in [0, 0.1) is 11.3 Å². The summed E-state index contributed by atoms with van der Waals surface area (Å²) in [6, 6.07) is 0.634. The lowest BCUT2D eigenvalue weighted by Gasteiger charge is -2.22. The zero-order chi connectivity index (χ0) is 11.6. The van der Waals surface area contributed by atoms with Gasteiger partial charge in [0.15, 0.2) is 5.11 Å². The van der Waals surface area contributed by atoms with Crippen LogP contribution in [0.1, 0.15) is 52.4 Å². The highest BCUT2D eigenvalue weighted by atomic mass is 32.1. The Morgan fingerprint density at radius 3 is 2.44 bits per heavy atom. The van der Waals surface area contributed by atoms with Crippen LogP contribution in [0.3, 0.4) is 0 Å². The Hall–Kier alpha value is -0.310. The van der Waals surface area contributed by atoms with Gasteiger partial charge in [-0.2, -0.15) is 0 Å². The maximum absolute atomic E-state index is 5.35. The van der Waals surface area contributed by atoms with Crippen LogP contribution >= 0.6 is 12.2 Å². The standard InChI is InChI=1S/C13H24N2S/c1-10(2)13(7-8-13)9-14-12(16)15-11-5-3-4-6-11/h10-11H,3-9H2,1-2H3,(H2,14,15,16). The molecule has 0 spiro atoms. The van der Waals surface area contributed by atoms with E-state index in [1.165, 1.54) is 38.5 Å². The van der Waals surface area contributed by atoms with Crippen molar-refractivity contribution in [2.45, 2.75) is 58.4 Å². The summed E-state index contributed by atoms with van der Waals surface area (Å²) in [5.74, 6) is 0.772. The van der Waals surface area contributed by atoms with Gasteiger partial charge in [-0.15, -0.1) is 0 Å². The molecule has 2 fully saturated rings. The molecule has 2 aliphatic carbocycles. The maximum Gasteiger partial charge on any atom is 0.166 e. The smallest absolute Gasteiger partial charge is 0.166 e. The molecule has 0 saturated heterocycles. The summed E-state index contributed by atoms with van der Waals surface area (Å²) in [5.41, 5.74) is 0.543. The zero-order valence-corrected chi connectivity index (χ0v) is 11.3. The van der Waals surface area contributed by atoms with Crippen molar-refractivity contribution in [3.05, 3.63) is 0 Å². The Morgan fingerprint density at radius 2 is 1.94 bits per heavy atom. The molecule has 0 unspecified atom stereocenters. The van der Waals surface area contributed by atoms with E-state index in [1.54, 1.807) is 0 Å². The first kappa shape index (κ1) is 12.2. The molecule has 3 heteroatoms. The minimum Gasteiger partial charge on any atom is -0.362 e. The van der Waals surface area contributed by atoms with Crippen LogP contribution in [-0.4, -0.2) is 17.7 Å². The third-order valence-corrected chi connectivity index (χ3v) is 4.67. The van der Waals surface area contributed by atoms with Crippen LogP contribution in [0.4, 0.5) is 0 Å². The van der Waals surface area contributed by atoms with E-state index in [0.29, 0.717) is 11.5 Å². The molecule has 0 aromatic rings. The summed E-state index contributed by atoms with van der Waals surface area (Å²) in [6.07, 6.45) is 8.02. The van der Waals surface area contributed by atoms with Crippen molar-refractivity contribution in [2.24, 2.45) is 11.3 Å². The van der Waals surface area contributed by atoms with Crippen molar-refractivity contribution >= 4 is 17.3 Å². The van der Waals surface area contributed by atoms with Crippen LogP contribution in [0.2, 0.25) is 0 Å². The van der Waals surface area contributed by atoms with E-state index in [0.717, 1.165) is 17.6 Å². The summed E-state index contributed by atoms with van der Waals surface area (Å²) in [6.45, 7) is 5.70. The topological polar surface area (TPSA) is 24.1 Å². The molecule has 0 atom stereocenters. The summed E-state index contributed by atoms with van der Waals surface area (Å²) in [5, 5.41) is 7.73. The molecule has 16 heavy (non-hydrogen) atoms. The number of hydrogen-bond acceptors (Lipinski definition) is 1. The van der Waals surface area contributed by atoms with Gasteiger partial charge in [-0.3, -0.25) is 0 Å². The number of hydrogen-bond donors (Lipinski definition) is 2. The SMILES string of the molecule is CC(C)C1(CNC(=S)NC2CCCC2)CC1. The van der Waals surface area contributed by atoms with Gasteiger partial charge >= 0.3 is 0 Å². The second kappa shape index (κ2) is 4.91. The summed E-state index contributed by atoms with van der Waals surface area (Å²) < 4.78 is 0. The van der Waals surface area contributed by atoms with E-state index >= 15 is 0 Å². The molecule has 0 heterocycles. The Labute approximate surface area is 105 Å². The Morgan fingerprint density at radius 1 is 1.31 bits per heavy atom. The lowest BCUT2D eigenvalue weighted by atomic mass is 9.92. The largest absolute Gasteiger partial charge is 0.362 e. The van der Waals surface area contributed by atoms with Crippen LogP contribution in [0.5, 0.6) is 0 Å². The van der Waals surface area contributed by atoms with E-state index in [-0.39, 0.29) is 0 Å². The quantitative estimate of drug-likeness (QED) is 0.739. The van der Waals surface area contributed by atoms with E-state index in [2.05, 4.69) is 24.5 Å². The zero-order valence-electron chi connectivity index (χ0n) is 10.5. The first-order valence-electron chi connectivity index (χ1n) is 6.67. The maximum atomic E-state index is 5.35. The van der Waals surface area contributed by atoms with Gasteiger partial charge in [0.1, 0.15) is 0 Å². The molecule has 0 aromatic heterocycles. The average Bonchev–Trinajstić information content (AvgIpc) is 2.88. The molecule has 0 radical (unpaired) electrons. The van der Waals surface area contributed by atoms with E-state index < -0.39 is 0 Å². The molecule has 0 aromatic carbocycles. The van der Waals surface area contributed by atoms with Gasteiger partial charge in [0.2, 0.25) is 0 Å². The molecule has 2 rings (SSSR count). The first-order chi connectivity index (χ1) is 7.62. The molecule has 0 amide bonds. The van der Waals surface area contributed by atoms with Crippen LogP contribution in [-0.2, 0) is 0 Å². The number of thiocarbonyl (C=S) groups is 1. The van der Waals surface area contributed by atoms with Crippen LogP contribution in [0.15, 0.2) is 0 Å². The number of rotatable bonds is 4. The predicted octanol–water partition coefficient (Wildman–Crippen LogP) is 2.83. The molecule has 2 N–H and O–H groups in total. The highest BCUT2D eigenvalue weighted by Crippen LogP contribution is 2.51. The minimum absolute atomic E-state index is 0.543. The Kier molecular flexibility index (Phi) is 3.73. The molecule has 2 saturated carbocycles. The van der Waals surface area contributed by atoms with E-state index in [1.807, 2.05) is 0 Å². The Bertz CT molecular complexity index is 253. The van der Waals surface area contributed by atoms with Crippen molar-refractivity contribution in [1.29, 1.82) is 0 Å². The normalized spacial score (nSPS) is 23.4. The second-order valence-electron chi connectivity index (χ2n) is 5.83. The van der Waals surface area contributed by atoms with Crippen molar-refractivity contribution in [1.82, 2.24) is 10.6 Å². The predicted molar refractivity (Wildman–Crippen MR) is 72.5 cm³/mol. The molecule has 2 aliphatic rings. The van der Waals surface area contributed by atoms with Gasteiger partial charge in [0.05, 0.1) is 0 Å². The third kappa shape index (κ3) is 2.88. The molecule has 0 bridgehead atoms. The molecule has 92 valence electrons. The van der Waals surface area contributed by atoms with Crippen molar-refractivity contribution in [2.75, 3.05) is 6.54 Å². The second-order valence-corrected chi connectivity index (χ2v) is 6.23. The van der Waals surface area contributed by atoms with Gasteiger partial charge in [0.25, 0.3) is 0 Å². The lowest BCUT2D eigenvalue weighted by molar-refractivity contribution is 0.356. The molecular formula is C13H24N2S. The average molecular weight is 240 g/mol. The van der Waals surface area contributed by atoms with Crippen molar-refractivity contribution in [3.63, 3.8) is 0 Å². The summed E-state index contributed by atoms with van der Waals surface area (Å²) >= 11 is 5.35. The van der Waals surface area contributed by atoms with Gasteiger partial charge < -0.3 is 10.6 Å². The fraction of sp³-hybridized carbons (Fsp3) is 0.923. The summed E-state index contributed by atoms with van der Waals surface area (Å²) in [4.78, 5) is 0. The first-order valence-corrected chi connectivity index (χ1v) is 7.08. The Balaban J connectivity index is 1.67. The lowest BCUT2D eigenvalue weighted by Crippen LogP contribution is -2.43. The minimum atomic E-state index is 0.543. The molecule has 2 nitrogen and oxygen atoms in total. The monoisotopic (exact) mass is 240 g/mol. The number of nitrogens with one attached hydrogen (secondary N) is 2. The van der Waals surface area contributed by atoms with Crippen LogP contribution in [0.25, 0.3) is 0 Å². The van der Waals surface area contributed by atoms with Crippen molar-refractivity contribution < 1.29 is 0 Å². The van der Waals surface area contributed by atoms with Gasteiger partial charge in [0, 0.05) is 12.6 Å². The fourth-order valence-electron chi connectivity index (χ4n) is 2.68. The van der Waals surface area contributed by atoms with Gasteiger partial charge in [-0.25, -0.2) is 0 Å². The van der Waals surface area contributed by atoms with Gasteiger partial charge in [-0.1, -0.05) is 26.7 Å².